The van der Waals surface area contributed by atoms with Crippen molar-refractivity contribution >= 4 is 0 Å². The van der Waals surface area contributed by atoms with E-state index in [0.29, 0.717) is 23.2 Å². The molecule has 0 amide bonds. The molecule has 0 bridgehead atoms. The molecule has 1 aliphatic heterocycles. The van der Waals surface area contributed by atoms with Gasteiger partial charge in [-0.15, -0.1) is 0 Å². The monoisotopic (exact) mass is 332 g/mol. The van der Waals surface area contributed by atoms with Gasteiger partial charge < -0.3 is 10.2 Å². The smallest absolute Gasteiger partial charge is 0.102 e. The van der Waals surface area contributed by atoms with E-state index in [-0.39, 0.29) is 23.7 Å². The fourth-order valence-corrected chi connectivity index (χ4v) is 8.11. The Morgan fingerprint density at radius 2 is 1.71 bits per heavy atom. The van der Waals surface area contributed by atoms with E-state index in [4.69, 9.17) is 0 Å². The molecule has 24 heavy (non-hydrogen) atoms. The first-order valence-corrected chi connectivity index (χ1v) is 10.2. The highest BCUT2D eigenvalue weighted by Gasteiger charge is 2.66. The summed E-state index contributed by atoms with van der Waals surface area (Å²) in [5.74, 6) is 3.27. The highest BCUT2D eigenvalue weighted by molar-refractivity contribution is 5.16. The Labute approximate surface area is 145 Å². The fraction of sp³-hybridized carbons (Fsp3) is 1.00. The maximum absolute atomic E-state index is 11.0. The third kappa shape index (κ3) is 1.82. The van der Waals surface area contributed by atoms with Crippen LogP contribution in [0, 0.1) is 40.4 Å². The van der Waals surface area contributed by atoms with Gasteiger partial charge in [-0.25, -0.2) is 0 Å². The van der Waals surface area contributed by atoms with Crippen molar-refractivity contribution in [2.24, 2.45) is 50.6 Å². The predicted octanol–water partition coefficient (Wildman–Crippen LogP) is 3.42. The third-order valence-corrected chi connectivity index (χ3v) is 9.34. The summed E-state index contributed by atoms with van der Waals surface area (Å²) in [5.41, 5.74) is 0.451. The minimum Gasteiger partial charge on any atom is -0.393 e. The van der Waals surface area contributed by atoms with Gasteiger partial charge in [-0.2, -0.15) is 10.2 Å². The zero-order valence-corrected chi connectivity index (χ0v) is 15.1. The number of azo groups is 1. The molecule has 5 aliphatic rings. The number of fused-ring (bicyclic) bond motifs is 7. The van der Waals surface area contributed by atoms with Crippen LogP contribution in [-0.4, -0.2) is 35.0 Å². The molecule has 0 aromatic carbocycles. The van der Waals surface area contributed by atoms with Crippen molar-refractivity contribution < 1.29 is 10.2 Å². The summed E-state index contributed by atoms with van der Waals surface area (Å²) < 4.78 is 0. The quantitative estimate of drug-likeness (QED) is 0.714. The molecule has 1 heterocycles. The molecule has 0 saturated heterocycles. The predicted molar refractivity (Wildman–Crippen MR) is 91.5 cm³/mol. The van der Waals surface area contributed by atoms with Crippen molar-refractivity contribution in [3.8, 4) is 0 Å². The van der Waals surface area contributed by atoms with Crippen LogP contribution in [0.3, 0.4) is 0 Å². The largest absolute Gasteiger partial charge is 0.393 e. The number of nitrogens with zero attached hydrogens (tertiary/aromatic N) is 2. The second kappa shape index (κ2) is 5.03. The zero-order chi connectivity index (χ0) is 16.7. The number of rotatable bonds is 0. The van der Waals surface area contributed by atoms with Gasteiger partial charge >= 0.3 is 0 Å². The first kappa shape index (κ1) is 15.7. The van der Waals surface area contributed by atoms with Gasteiger partial charge in [-0.3, -0.25) is 0 Å². The van der Waals surface area contributed by atoms with E-state index in [1.165, 1.54) is 25.7 Å². The van der Waals surface area contributed by atoms with E-state index >= 15 is 0 Å². The maximum atomic E-state index is 11.0. The molecule has 0 spiro atoms. The Kier molecular flexibility index (Phi) is 3.30. The van der Waals surface area contributed by atoms with Crippen LogP contribution in [0.4, 0.5) is 0 Å². The number of hydrogen-bond acceptors (Lipinski definition) is 4. The summed E-state index contributed by atoms with van der Waals surface area (Å²) in [7, 11) is 0. The molecule has 10 atom stereocenters. The van der Waals surface area contributed by atoms with Crippen LogP contribution in [0.25, 0.3) is 0 Å². The van der Waals surface area contributed by atoms with Crippen LogP contribution in [0.15, 0.2) is 10.2 Å². The van der Waals surface area contributed by atoms with E-state index in [1.54, 1.807) is 0 Å². The van der Waals surface area contributed by atoms with E-state index in [1.807, 2.05) is 0 Å². The van der Waals surface area contributed by atoms with Crippen molar-refractivity contribution in [1.29, 1.82) is 0 Å². The Morgan fingerprint density at radius 3 is 2.54 bits per heavy atom. The van der Waals surface area contributed by atoms with E-state index in [0.717, 1.165) is 37.6 Å². The Bertz CT molecular complexity index is 566. The maximum Gasteiger partial charge on any atom is 0.102 e. The van der Waals surface area contributed by atoms with E-state index in [2.05, 4.69) is 24.1 Å². The zero-order valence-electron chi connectivity index (χ0n) is 15.1. The number of hydrogen-bond donors (Lipinski definition) is 2. The molecule has 0 radical (unpaired) electrons. The van der Waals surface area contributed by atoms with Gasteiger partial charge in [0.1, 0.15) is 6.04 Å². The molecule has 4 saturated carbocycles. The van der Waals surface area contributed by atoms with Gasteiger partial charge in [0.15, 0.2) is 0 Å². The van der Waals surface area contributed by atoms with Crippen molar-refractivity contribution in [2.45, 2.75) is 77.0 Å². The van der Waals surface area contributed by atoms with Crippen molar-refractivity contribution in [1.82, 2.24) is 0 Å². The second-order valence-electron chi connectivity index (χ2n) is 10.1. The van der Waals surface area contributed by atoms with Crippen molar-refractivity contribution in [3.05, 3.63) is 0 Å². The molecule has 4 nitrogen and oxygen atoms in total. The number of aliphatic hydroxyl groups excluding tert-OH is 2. The molecule has 0 unspecified atom stereocenters. The minimum atomic E-state index is -0.293. The van der Waals surface area contributed by atoms with Gasteiger partial charge in [-0.05, 0) is 79.4 Å². The minimum absolute atomic E-state index is 0.0489. The second-order valence-corrected chi connectivity index (χ2v) is 10.1. The van der Waals surface area contributed by atoms with Crippen LogP contribution in [0.1, 0.15) is 58.8 Å². The lowest BCUT2D eigenvalue weighted by Crippen LogP contribution is -2.55. The molecule has 4 fully saturated rings. The van der Waals surface area contributed by atoms with Crippen molar-refractivity contribution in [2.75, 3.05) is 6.54 Å². The topological polar surface area (TPSA) is 65.2 Å². The molecule has 0 aromatic heterocycles. The average molecular weight is 332 g/mol. The molecule has 4 aliphatic carbocycles. The van der Waals surface area contributed by atoms with Crippen LogP contribution in [-0.2, 0) is 0 Å². The SMILES string of the molecule is C[C@]12CC[C@H]3[C@@H](CC[C@H]4C[C@@H](O)CC[C@@]43C)[C@@H]1[C@H]1CN=N[C@H]1[C@@H]2O. The van der Waals surface area contributed by atoms with Crippen LogP contribution in [0.2, 0.25) is 0 Å². The summed E-state index contributed by atoms with van der Waals surface area (Å²) >= 11 is 0. The third-order valence-electron chi connectivity index (χ3n) is 9.34. The van der Waals surface area contributed by atoms with Crippen LogP contribution in [0.5, 0.6) is 0 Å². The van der Waals surface area contributed by atoms with Crippen LogP contribution >= 0.6 is 0 Å². The van der Waals surface area contributed by atoms with E-state index in [9.17, 15) is 10.2 Å². The Morgan fingerprint density at radius 1 is 0.917 bits per heavy atom. The Balaban J connectivity index is 1.50. The van der Waals surface area contributed by atoms with Crippen LogP contribution < -0.4 is 0 Å². The summed E-state index contributed by atoms with van der Waals surface area (Å²) in [5, 5.41) is 29.9. The first-order valence-electron chi connectivity index (χ1n) is 10.2. The van der Waals surface area contributed by atoms with Gasteiger partial charge in [0.2, 0.25) is 0 Å². The Hall–Kier alpha value is -0.480. The highest BCUT2D eigenvalue weighted by Crippen LogP contribution is 2.68. The summed E-state index contributed by atoms with van der Waals surface area (Å²) in [6.45, 7) is 5.70. The summed E-state index contributed by atoms with van der Waals surface area (Å²) in [4.78, 5) is 0. The lowest BCUT2D eigenvalue weighted by Gasteiger charge is -2.61. The summed E-state index contributed by atoms with van der Waals surface area (Å²) in [6.07, 6.45) is 7.78. The average Bonchev–Trinajstić information content (AvgIpc) is 3.10. The lowest BCUT2D eigenvalue weighted by molar-refractivity contribution is -0.139. The lowest BCUT2D eigenvalue weighted by atomic mass is 9.44. The molecular formula is C20H32N2O2. The molecule has 2 N–H and O–H groups in total. The first-order chi connectivity index (χ1) is 11.4. The van der Waals surface area contributed by atoms with Gasteiger partial charge in [0, 0.05) is 5.92 Å². The van der Waals surface area contributed by atoms with Crippen molar-refractivity contribution in [3.63, 3.8) is 0 Å². The number of aliphatic hydroxyl groups is 2. The molecule has 5 rings (SSSR count). The molecule has 0 aromatic rings. The van der Waals surface area contributed by atoms with E-state index < -0.39 is 0 Å². The standard InChI is InChI=1S/C20H32N2O2/c1-19-7-5-12(23)9-11(19)3-4-13-15(19)6-8-20(2)16(13)14-10-21-22-17(14)18(20)24/h11-18,23-24H,3-10H2,1-2H3/t11-,12-,13+,14+,15-,16+,17+,18-,19-,20-/m0/s1. The summed E-state index contributed by atoms with van der Waals surface area (Å²) in [6, 6.07) is 0.0671. The van der Waals surface area contributed by atoms with Gasteiger partial charge in [0.05, 0.1) is 18.8 Å². The van der Waals surface area contributed by atoms with Gasteiger partial charge in [-0.1, -0.05) is 13.8 Å². The molecule has 134 valence electrons. The fourth-order valence-electron chi connectivity index (χ4n) is 8.11. The molecule has 4 heteroatoms. The molecular weight excluding hydrogens is 300 g/mol. The normalized spacial score (nSPS) is 61.8. The van der Waals surface area contributed by atoms with Gasteiger partial charge in [0.25, 0.3) is 0 Å². The highest BCUT2D eigenvalue weighted by atomic mass is 16.3.